The van der Waals surface area contributed by atoms with Crippen LogP contribution in [0.2, 0.25) is 0 Å². The molecule has 9 heteroatoms. The molecule has 0 spiro atoms. The molecule has 1 aliphatic heterocycles. The molecule has 1 aromatic carbocycles. The highest BCUT2D eigenvalue weighted by Crippen LogP contribution is 2.38. The van der Waals surface area contributed by atoms with Gasteiger partial charge in [-0.3, -0.25) is 19.3 Å². The van der Waals surface area contributed by atoms with Crippen molar-refractivity contribution in [2.75, 3.05) is 6.61 Å². The van der Waals surface area contributed by atoms with Crippen LogP contribution in [-0.2, 0) is 20.9 Å². The van der Waals surface area contributed by atoms with Crippen LogP contribution in [0.15, 0.2) is 24.3 Å². The van der Waals surface area contributed by atoms with Gasteiger partial charge in [0.2, 0.25) is 17.7 Å². The predicted octanol–water partition coefficient (Wildman–Crippen LogP) is 2.81. The molecule has 0 bridgehead atoms. The Morgan fingerprint density at radius 1 is 1.21 bits per heavy atom. The lowest BCUT2D eigenvalue weighted by atomic mass is 9.81. The van der Waals surface area contributed by atoms with Gasteiger partial charge in [0.25, 0.3) is 0 Å². The van der Waals surface area contributed by atoms with Crippen LogP contribution in [0.5, 0.6) is 5.75 Å². The van der Waals surface area contributed by atoms with E-state index >= 15 is 0 Å². The van der Waals surface area contributed by atoms with Gasteiger partial charge in [0, 0.05) is 6.54 Å². The predicted molar refractivity (Wildman–Crippen MR) is 96.6 cm³/mol. The Bertz CT molecular complexity index is 772. The topological polar surface area (TPSA) is 75.7 Å². The minimum atomic E-state index is -4.44. The summed E-state index contributed by atoms with van der Waals surface area (Å²) in [5.41, 5.74) is 0.540. The summed E-state index contributed by atoms with van der Waals surface area (Å²) in [4.78, 5) is 38.7. The smallest absolute Gasteiger partial charge is 0.422 e. The van der Waals surface area contributed by atoms with Crippen molar-refractivity contribution in [1.29, 1.82) is 0 Å². The lowest BCUT2D eigenvalue weighted by Crippen LogP contribution is -2.48. The number of likely N-dealkylation sites (tertiary alicyclic amines) is 1. The standard InChI is InChI=1S/C20H23F3N2O4/c1-12(25-18(27)15-7-2-3-8-16(15)19(25)28)17(26)24-10-13-5-4-6-14(9-13)29-11-20(21,22)23/h4-6,9,12,15-16H,2-3,7-8,10-11H2,1H3,(H,24,26). The van der Waals surface area contributed by atoms with Crippen LogP contribution in [0.4, 0.5) is 13.2 Å². The van der Waals surface area contributed by atoms with Crippen LogP contribution < -0.4 is 10.1 Å². The average Bonchev–Trinajstić information content (AvgIpc) is 2.94. The third-order valence-electron chi connectivity index (χ3n) is 5.41. The van der Waals surface area contributed by atoms with E-state index in [0.717, 1.165) is 17.7 Å². The van der Waals surface area contributed by atoms with E-state index in [1.807, 2.05) is 0 Å². The molecule has 6 nitrogen and oxygen atoms in total. The number of imide groups is 1. The van der Waals surface area contributed by atoms with Gasteiger partial charge >= 0.3 is 6.18 Å². The number of benzene rings is 1. The number of halogens is 3. The van der Waals surface area contributed by atoms with Gasteiger partial charge in [-0.2, -0.15) is 13.2 Å². The summed E-state index contributed by atoms with van der Waals surface area (Å²) in [6.45, 7) is 0.141. The van der Waals surface area contributed by atoms with E-state index in [1.54, 1.807) is 6.07 Å². The van der Waals surface area contributed by atoms with Crippen LogP contribution in [0.3, 0.4) is 0 Å². The van der Waals surface area contributed by atoms with E-state index in [2.05, 4.69) is 5.32 Å². The number of alkyl halides is 3. The number of ether oxygens (including phenoxy) is 1. The van der Waals surface area contributed by atoms with Crippen molar-refractivity contribution >= 4 is 17.7 Å². The van der Waals surface area contributed by atoms with Crippen molar-refractivity contribution < 1.29 is 32.3 Å². The summed E-state index contributed by atoms with van der Waals surface area (Å²) >= 11 is 0. The van der Waals surface area contributed by atoms with Crippen LogP contribution in [-0.4, -0.2) is 41.4 Å². The van der Waals surface area contributed by atoms with E-state index in [4.69, 9.17) is 4.74 Å². The van der Waals surface area contributed by atoms with E-state index in [1.165, 1.54) is 25.1 Å². The molecule has 1 aliphatic carbocycles. The first-order valence-corrected chi connectivity index (χ1v) is 9.60. The third-order valence-corrected chi connectivity index (χ3v) is 5.41. The Morgan fingerprint density at radius 3 is 2.41 bits per heavy atom. The second-order valence-electron chi connectivity index (χ2n) is 7.49. The Balaban J connectivity index is 1.58. The summed E-state index contributed by atoms with van der Waals surface area (Å²) < 4.78 is 41.5. The van der Waals surface area contributed by atoms with Crippen LogP contribution >= 0.6 is 0 Å². The van der Waals surface area contributed by atoms with Crippen LogP contribution in [0.1, 0.15) is 38.2 Å². The second kappa shape index (κ2) is 8.42. The molecule has 1 aromatic rings. The number of nitrogens with one attached hydrogen (secondary N) is 1. The number of nitrogens with zero attached hydrogens (tertiary/aromatic N) is 1. The summed E-state index contributed by atoms with van der Waals surface area (Å²) in [5.74, 6) is -1.68. The van der Waals surface area contributed by atoms with E-state index in [-0.39, 0.29) is 35.9 Å². The van der Waals surface area contributed by atoms with Crippen molar-refractivity contribution in [3.05, 3.63) is 29.8 Å². The number of fused-ring (bicyclic) bond motifs is 1. The third kappa shape index (κ3) is 4.89. The number of rotatable bonds is 6. The molecule has 1 saturated heterocycles. The van der Waals surface area contributed by atoms with Crippen LogP contribution in [0, 0.1) is 11.8 Å². The summed E-state index contributed by atoms with van der Waals surface area (Å²) in [6.07, 6.45) is -1.29. The van der Waals surface area contributed by atoms with Crippen molar-refractivity contribution in [3.8, 4) is 5.75 Å². The Hall–Kier alpha value is -2.58. The zero-order valence-corrected chi connectivity index (χ0v) is 16.0. The zero-order chi connectivity index (χ0) is 21.2. The first-order chi connectivity index (χ1) is 13.7. The number of hydrogen-bond acceptors (Lipinski definition) is 4. The van der Waals surface area contributed by atoms with Gasteiger partial charge in [0.1, 0.15) is 11.8 Å². The molecule has 3 atom stereocenters. The van der Waals surface area contributed by atoms with E-state index in [0.29, 0.717) is 18.4 Å². The van der Waals surface area contributed by atoms with Crippen molar-refractivity contribution in [1.82, 2.24) is 10.2 Å². The molecule has 1 N–H and O–H groups in total. The molecule has 2 fully saturated rings. The molecule has 158 valence electrons. The van der Waals surface area contributed by atoms with Gasteiger partial charge in [-0.05, 0) is 37.5 Å². The minimum Gasteiger partial charge on any atom is -0.484 e. The lowest BCUT2D eigenvalue weighted by molar-refractivity contribution is -0.153. The van der Waals surface area contributed by atoms with Crippen molar-refractivity contribution in [2.45, 2.75) is 51.4 Å². The average molecular weight is 412 g/mol. The maximum absolute atomic E-state index is 12.6. The highest BCUT2D eigenvalue weighted by molar-refractivity contribution is 6.08. The Labute approximate surface area is 166 Å². The summed E-state index contributed by atoms with van der Waals surface area (Å²) in [7, 11) is 0. The summed E-state index contributed by atoms with van der Waals surface area (Å²) in [5, 5.41) is 2.63. The van der Waals surface area contributed by atoms with Crippen molar-refractivity contribution in [3.63, 3.8) is 0 Å². The summed E-state index contributed by atoms with van der Waals surface area (Å²) in [6, 6.07) is 5.01. The number of hydrogen-bond donors (Lipinski definition) is 1. The van der Waals surface area contributed by atoms with E-state index < -0.39 is 24.7 Å². The second-order valence-corrected chi connectivity index (χ2v) is 7.49. The van der Waals surface area contributed by atoms with Gasteiger partial charge < -0.3 is 10.1 Å². The number of carbonyl (C=O) groups excluding carboxylic acids is 3. The normalized spacial score (nSPS) is 23.0. The van der Waals surface area contributed by atoms with Gasteiger partial charge in [-0.1, -0.05) is 25.0 Å². The molecule has 0 aromatic heterocycles. The Kier molecular flexibility index (Phi) is 6.14. The highest BCUT2D eigenvalue weighted by atomic mass is 19.4. The molecule has 3 rings (SSSR count). The fourth-order valence-corrected chi connectivity index (χ4v) is 3.93. The first kappa shape index (κ1) is 21.1. The largest absolute Gasteiger partial charge is 0.484 e. The minimum absolute atomic E-state index is 0.0372. The quantitative estimate of drug-likeness (QED) is 0.729. The molecule has 3 unspecified atom stereocenters. The van der Waals surface area contributed by atoms with Gasteiger partial charge in [-0.25, -0.2) is 0 Å². The number of carbonyl (C=O) groups is 3. The van der Waals surface area contributed by atoms with Crippen LogP contribution in [0.25, 0.3) is 0 Å². The molecule has 2 aliphatic rings. The van der Waals surface area contributed by atoms with Gasteiger partial charge in [0.05, 0.1) is 11.8 Å². The van der Waals surface area contributed by atoms with Gasteiger partial charge in [-0.15, -0.1) is 0 Å². The molecule has 3 amide bonds. The molecule has 29 heavy (non-hydrogen) atoms. The number of amides is 3. The highest BCUT2D eigenvalue weighted by Gasteiger charge is 2.50. The lowest BCUT2D eigenvalue weighted by Gasteiger charge is -2.22. The first-order valence-electron chi connectivity index (χ1n) is 9.60. The Morgan fingerprint density at radius 2 is 1.83 bits per heavy atom. The van der Waals surface area contributed by atoms with Gasteiger partial charge in [0.15, 0.2) is 6.61 Å². The molecular weight excluding hydrogens is 389 g/mol. The fraction of sp³-hybridized carbons (Fsp3) is 0.550. The monoisotopic (exact) mass is 412 g/mol. The molecule has 1 heterocycles. The molecular formula is C20H23F3N2O4. The maximum Gasteiger partial charge on any atom is 0.422 e. The maximum atomic E-state index is 12.6. The molecule has 1 saturated carbocycles. The fourth-order valence-electron chi connectivity index (χ4n) is 3.93. The SMILES string of the molecule is CC(C(=O)NCc1cccc(OCC(F)(F)F)c1)N1C(=O)C2CCCCC2C1=O. The van der Waals surface area contributed by atoms with E-state index in [9.17, 15) is 27.6 Å². The zero-order valence-electron chi connectivity index (χ0n) is 16.0. The molecule has 0 radical (unpaired) electrons. The van der Waals surface area contributed by atoms with Crippen molar-refractivity contribution in [2.24, 2.45) is 11.8 Å².